The first-order valence-electron chi connectivity index (χ1n) is 6.62. The van der Waals surface area contributed by atoms with Crippen molar-refractivity contribution in [1.29, 1.82) is 0 Å². The van der Waals surface area contributed by atoms with E-state index in [0.29, 0.717) is 19.6 Å². The van der Waals surface area contributed by atoms with E-state index in [1.165, 1.54) is 0 Å². The van der Waals surface area contributed by atoms with Gasteiger partial charge in [-0.15, -0.1) is 0 Å². The van der Waals surface area contributed by atoms with Crippen LogP contribution in [0.3, 0.4) is 0 Å². The highest BCUT2D eigenvalue weighted by Gasteiger charge is 2.24. The first kappa shape index (κ1) is 17.8. The smallest absolute Gasteiger partial charge is 0.309 e. The van der Waals surface area contributed by atoms with Crippen molar-refractivity contribution in [3.8, 4) is 0 Å². The third kappa shape index (κ3) is 8.84. The van der Waals surface area contributed by atoms with Gasteiger partial charge in [0, 0.05) is 12.8 Å². The summed E-state index contributed by atoms with van der Waals surface area (Å²) in [6, 6.07) is 0. The maximum Gasteiger partial charge on any atom is 0.331 e. The van der Waals surface area contributed by atoms with Crippen molar-refractivity contribution < 1.29 is 18.4 Å². The second kappa shape index (κ2) is 8.08. The fourth-order valence-electron chi connectivity index (χ4n) is 1.46. The van der Waals surface area contributed by atoms with Crippen LogP contribution in [-0.4, -0.2) is 25.2 Å². The summed E-state index contributed by atoms with van der Waals surface area (Å²) >= 11 is 0. The first-order chi connectivity index (χ1) is 8.22. The van der Waals surface area contributed by atoms with Crippen LogP contribution >= 0.6 is 7.60 Å². The molecule has 0 fully saturated rings. The Labute approximate surface area is 111 Å². The molecule has 108 valence electrons. The summed E-state index contributed by atoms with van der Waals surface area (Å²) in [7, 11) is -3.06. The largest absolute Gasteiger partial charge is 0.331 e. The van der Waals surface area contributed by atoms with Gasteiger partial charge in [-0.2, -0.15) is 0 Å². The van der Waals surface area contributed by atoms with Crippen LogP contribution < -0.4 is 0 Å². The van der Waals surface area contributed by atoms with Gasteiger partial charge < -0.3 is 9.05 Å². The molecule has 0 aromatic carbocycles. The molecule has 0 aliphatic heterocycles. The maximum absolute atomic E-state index is 12.1. The highest BCUT2D eigenvalue weighted by Crippen LogP contribution is 2.48. The fraction of sp³-hybridized carbons (Fsp3) is 0.923. The molecule has 0 aromatic rings. The lowest BCUT2D eigenvalue weighted by Gasteiger charge is -2.18. The van der Waals surface area contributed by atoms with Crippen LogP contribution in [0, 0.1) is 5.41 Å². The zero-order valence-electron chi connectivity index (χ0n) is 12.3. The lowest BCUT2D eigenvalue weighted by atomic mass is 9.89. The van der Waals surface area contributed by atoms with Crippen LogP contribution in [0.25, 0.3) is 0 Å². The highest BCUT2D eigenvalue weighted by atomic mass is 31.2. The summed E-state index contributed by atoms with van der Waals surface area (Å²) in [5, 5.41) is 0. The minimum Gasteiger partial charge on any atom is -0.309 e. The average Bonchev–Trinajstić information content (AvgIpc) is 2.23. The van der Waals surface area contributed by atoms with E-state index >= 15 is 0 Å². The second-order valence-corrected chi connectivity index (χ2v) is 7.70. The molecule has 0 N–H and O–H groups in total. The van der Waals surface area contributed by atoms with Crippen LogP contribution in [0.5, 0.6) is 0 Å². The van der Waals surface area contributed by atoms with Crippen LogP contribution in [0.15, 0.2) is 0 Å². The summed E-state index contributed by atoms with van der Waals surface area (Å²) < 4.78 is 22.4. The Morgan fingerprint density at radius 1 is 1.06 bits per heavy atom. The molecule has 0 spiro atoms. The molecular weight excluding hydrogens is 251 g/mol. The monoisotopic (exact) mass is 278 g/mol. The average molecular weight is 278 g/mol. The van der Waals surface area contributed by atoms with Gasteiger partial charge in [0.25, 0.3) is 0 Å². The van der Waals surface area contributed by atoms with E-state index in [1.54, 1.807) is 13.8 Å². The molecule has 0 saturated carbocycles. The zero-order chi connectivity index (χ0) is 14.2. The SMILES string of the molecule is CCOP(=O)(CCC(=O)CCC(C)(C)C)OCC. The van der Waals surface area contributed by atoms with E-state index in [4.69, 9.17) is 9.05 Å². The van der Waals surface area contributed by atoms with E-state index in [-0.39, 0.29) is 23.8 Å². The number of rotatable bonds is 9. The standard InChI is InChI=1S/C13H27O4P/c1-6-16-18(15,17-7-2)11-9-12(14)8-10-13(3,4)5/h6-11H2,1-5H3. The van der Waals surface area contributed by atoms with E-state index in [2.05, 4.69) is 20.8 Å². The van der Waals surface area contributed by atoms with Crippen LogP contribution in [-0.2, 0) is 18.4 Å². The Hall–Kier alpha value is -0.180. The molecule has 0 rings (SSSR count). The van der Waals surface area contributed by atoms with E-state index in [1.807, 2.05) is 0 Å². The predicted molar refractivity (Wildman–Crippen MR) is 74.0 cm³/mol. The molecule has 0 atom stereocenters. The molecule has 0 saturated heterocycles. The van der Waals surface area contributed by atoms with Crippen molar-refractivity contribution in [3.05, 3.63) is 0 Å². The molecule has 0 bridgehead atoms. The number of hydrogen-bond acceptors (Lipinski definition) is 4. The molecule has 5 heteroatoms. The van der Waals surface area contributed by atoms with Gasteiger partial charge in [0.05, 0.1) is 19.4 Å². The first-order valence-corrected chi connectivity index (χ1v) is 8.35. The minimum absolute atomic E-state index is 0.129. The molecular formula is C13H27O4P. The van der Waals surface area contributed by atoms with Crippen LogP contribution in [0.4, 0.5) is 0 Å². The summed E-state index contributed by atoms with van der Waals surface area (Å²) in [5.74, 6) is 0.129. The number of carbonyl (C=O) groups excluding carboxylic acids is 1. The molecule has 0 aliphatic rings. The highest BCUT2D eigenvalue weighted by molar-refractivity contribution is 7.53. The Morgan fingerprint density at radius 2 is 1.56 bits per heavy atom. The summed E-state index contributed by atoms with van der Waals surface area (Å²) in [6.45, 7) is 10.5. The van der Waals surface area contributed by atoms with Crippen molar-refractivity contribution in [3.63, 3.8) is 0 Å². The molecule has 18 heavy (non-hydrogen) atoms. The van der Waals surface area contributed by atoms with E-state index in [9.17, 15) is 9.36 Å². The Bertz CT molecular complexity index is 284. The number of carbonyl (C=O) groups is 1. The van der Waals surface area contributed by atoms with E-state index in [0.717, 1.165) is 6.42 Å². The minimum atomic E-state index is -3.06. The molecule has 0 aromatic heterocycles. The Morgan fingerprint density at radius 3 is 1.94 bits per heavy atom. The van der Waals surface area contributed by atoms with Gasteiger partial charge in [-0.3, -0.25) is 9.36 Å². The molecule has 0 heterocycles. The van der Waals surface area contributed by atoms with Crippen molar-refractivity contribution in [1.82, 2.24) is 0 Å². The van der Waals surface area contributed by atoms with Crippen molar-refractivity contribution >= 4 is 13.4 Å². The van der Waals surface area contributed by atoms with Crippen molar-refractivity contribution in [2.24, 2.45) is 5.41 Å². The third-order valence-electron chi connectivity index (χ3n) is 2.47. The quantitative estimate of drug-likeness (QED) is 0.597. The maximum atomic E-state index is 12.1. The summed E-state index contributed by atoms with van der Waals surface area (Å²) in [4.78, 5) is 11.7. The van der Waals surface area contributed by atoms with Gasteiger partial charge in [-0.05, 0) is 25.7 Å². The molecule has 0 unspecified atom stereocenters. The molecule has 0 amide bonds. The zero-order valence-corrected chi connectivity index (χ0v) is 13.2. The van der Waals surface area contributed by atoms with Crippen molar-refractivity contribution in [2.45, 2.75) is 53.9 Å². The lowest BCUT2D eigenvalue weighted by molar-refractivity contribution is -0.119. The Balaban J connectivity index is 4.12. The summed E-state index contributed by atoms with van der Waals surface area (Å²) in [5.41, 5.74) is 0.152. The second-order valence-electron chi connectivity index (χ2n) is 5.52. The van der Waals surface area contributed by atoms with Gasteiger partial charge in [-0.1, -0.05) is 20.8 Å². The fourth-order valence-corrected chi connectivity index (χ4v) is 3.10. The molecule has 0 aliphatic carbocycles. The molecule has 4 nitrogen and oxygen atoms in total. The third-order valence-corrected chi connectivity index (χ3v) is 4.54. The molecule has 0 radical (unpaired) electrons. The van der Waals surface area contributed by atoms with Crippen molar-refractivity contribution in [2.75, 3.05) is 19.4 Å². The Kier molecular flexibility index (Phi) is 8.00. The van der Waals surface area contributed by atoms with Gasteiger partial charge in [-0.25, -0.2) is 0 Å². The van der Waals surface area contributed by atoms with Crippen LogP contribution in [0.1, 0.15) is 53.9 Å². The topological polar surface area (TPSA) is 52.6 Å². The normalized spacial score (nSPS) is 12.7. The van der Waals surface area contributed by atoms with Gasteiger partial charge >= 0.3 is 7.60 Å². The number of hydrogen-bond donors (Lipinski definition) is 0. The van der Waals surface area contributed by atoms with Gasteiger partial charge in [0.2, 0.25) is 0 Å². The van der Waals surface area contributed by atoms with Crippen LogP contribution in [0.2, 0.25) is 0 Å². The number of ketones is 1. The van der Waals surface area contributed by atoms with Gasteiger partial charge in [0.1, 0.15) is 5.78 Å². The number of Topliss-reactive ketones (excluding diaryl/α,β-unsaturated/α-hetero) is 1. The van der Waals surface area contributed by atoms with E-state index < -0.39 is 7.60 Å². The summed E-state index contributed by atoms with van der Waals surface area (Å²) in [6.07, 6.45) is 1.84. The predicted octanol–water partition coefficient (Wildman–Crippen LogP) is 4.04. The van der Waals surface area contributed by atoms with Gasteiger partial charge in [0.15, 0.2) is 0 Å². The lowest BCUT2D eigenvalue weighted by Crippen LogP contribution is -2.11.